The van der Waals surface area contributed by atoms with Crippen LogP contribution in [0.15, 0.2) is 0 Å². The zero-order chi connectivity index (χ0) is 9.73. The summed E-state index contributed by atoms with van der Waals surface area (Å²) in [6.45, 7) is 5.85. The summed E-state index contributed by atoms with van der Waals surface area (Å²) in [5, 5.41) is 10.0. The van der Waals surface area contributed by atoms with Gasteiger partial charge in [-0.15, -0.1) is 0 Å². The lowest BCUT2D eigenvalue weighted by molar-refractivity contribution is -0.00536. The van der Waals surface area contributed by atoms with Gasteiger partial charge in [0.05, 0.1) is 5.60 Å². The fraction of sp³-hybridized carbons (Fsp3) is 1.00. The quantitative estimate of drug-likeness (QED) is 0.730. The zero-order valence-electron chi connectivity index (χ0n) is 8.88. The van der Waals surface area contributed by atoms with Gasteiger partial charge in [-0.1, -0.05) is 13.3 Å². The number of hydrogen-bond donors (Lipinski definition) is 1. The SMILES string of the molecule is CCCC(C)(O)CC1CCOCC1. The molecule has 1 N–H and O–H groups in total. The molecule has 0 saturated carbocycles. The van der Waals surface area contributed by atoms with E-state index in [1.54, 1.807) is 0 Å². The summed E-state index contributed by atoms with van der Waals surface area (Å²) >= 11 is 0. The van der Waals surface area contributed by atoms with Crippen LogP contribution in [0, 0.1) is 5.92 Å². The molecule has 2 nitrogen and oxygen atoms in total. The summed E-state index contributed by atoms with van der Waals surface area (Å²) in [6.07, 6.45) is 5.19. The monoisotopic (exact) mass is 186 g/mol. The van der Waals surface area contributed by atoms with E-state index in [-0.39, 0.29) is 0 Å². The minimum atomic E-state index is -0.448. The normalized spacial score (nSPS) is 24.2. The number of rotatable bonds is 4. The minimum Gasteiger partial charge on any atom is -0.390 e. The van der Waals surface area contributed by atoms with Crippen LogP contribution in [0.3, 0.4) is 0 Å². The van der Waals surface area contributed by atoms with Crippen LogP contribution >= 0.6 is 0 Å². The summed E-state index contributed by atoms with van der Waals surface area (Å²) in [4.78, 5) is 0. The second-order valence-corrected chi connectivity index (χ2v) is 4.51. The summed E-state index contributed by atoms with van der Waals surface area (Å²) in [5.41, 5.74) is -0.448. The van der Waals surface area contributed by atoms with E-state index in [0.29, 0.717) is 5.92 Å². The van der Waals surface area contributed by atoms with Crippen molar-refractivity contribution in [2.24, 2.45) is 5.92 Å². The Labute approximate surface area is 81.3 Å². The zero-order valence-corrected chi connectivity index (χ0v) is 8.88. The molecule has 0 aromatic carbocycles. The molecule has 0 bridgehead atoms. The highest BCUT2D eigenvalue weighted by Gasteiger charge is 2.25. The molecule has 1 atom stereocenters. The van der Waals surface area contributed by atoms with E-state index in [9.17, 15) is 5.11 Å². The van der Waals surface area contributed by atoms with Gasteiger partial charge in [-0.25, -0.2) is 0 Å². The van der Waals surface area contributed by atoms with Crippen molar-refractivity contribution >= 4 is 0 Å². The molecule has 1 unspecified atom stereocenters. The lowest BCUT2D eigenvalue weighted by Gasteiger charge is -2.30. The second-order valence-electron chi connectivity index (χ2n) is 4.51. The molecule has 1 saturated heterocycles. The summed E-state index contributed by atoms with van der Waals surface area (Å²) in [7, 11) is 0. The van der Waals surface area contributed by atoms with Gasteiger partial charge < -0.3 is 9.84 Å². The first-order valence-electron chi connectivity index (χ1n) is 5.44. The van der Waals surface area contributed by atoms with E-state index in [1.807, 2.05) is 6.92 Å². The van der Waals surface area contributed by atoms with E-state index in [4.69, 9.17) is 4.74 Å². The predicted molar refractivity (Wildman–Crippen MR) is 53.7 cm³/mol. The fourth-order valence-electron chi connectivity index (χ4n) is 2.21. The van der Waals surface area contributed by atoms with Gasteiger partial charge in [0.2, 0.25) is 0 Å². The molecule has 0 aliphatic carbocycles. The van der Waals surface area contributed by atoms with Crippen molar-refractivity contribution in [3.8, 4) is 0 Å². The molecule has 1 fully saturated rings. The van der Waals surface area contributed by atoms with Crippen LogP contribution in [-0.2, 0) is 4.74 Å². The maximum Gasteiger partial charge on any atom is 0.0622 e. The standard InChI is InChI=1S/C11H22O2/c1-3-6-11(2,12)9-10-4-7-13-8-5-10/h10,12H,3-9H2,1-2H3. The molecule has 13 heavy (non-hydrogen) atoms. The molecule has 1 heterocycles. The van der Waals surface area contributed by atoms with Gasteiger partial charge in [0.15, 0.2) is 0 Å². The Morgan fingerprint density at radius 1 is 1.38 bits per heavy atom. The van der Waals surface area contributed by atoms with E-state index in [2.05, 4.69) is 6.92 Å². The molecule has 1 rings (SSSR count). The lowest BCUT2D eigenvalue weighted by Crippen LogP contribution is -2.30. The highest BCUT2D eigenvalue weighted by atomic mass is 16.5. The van der Waals surface area contributed by atoms with Gasteiger partial charge in [-0.2, -0.15) is 0 Å². The fourth-order valence-corrected chi connectivity index (χ4v) is 2.21. The highest BCUT2D eigenvalue weighted by molar-refractivity contribution is 4.77. The first-order valence-corrected chi connectivity index (χ1v) is 5.44. The lowest BCUT2D eigenvalue weighted by atomic mass is 9.85. The van der Waals surface area contributed by atoms with Crippen LogP contribution < -0.4 is 0 Å². The van der Waals surface area contributed by atoms with E-state index in [0.717, 1.165) is 45.3 Å². The third-order valence-corrected chi connectivity index (χ3v) is 2.86. The van der Waals surface area contributed by atoms with Crippen molar-refractivity contribution in [2.75, 3.05) is 13.2 Å². The first kappa shape index (κ1) is 11.0. The van der Waals surface area contributed by atoms with E-state index >= 15 is 0 Å². The van der Waals surface area contributed by atoms with Crippen molar-refractivity contribution in [2.45, 2.75) is 51.6 Å². The van der Waals surface area contributed by atoms with Crippen LogP contribution in [0.2, 0.25) is 0 Å². The number of aliphatic hydroxyl groups is 1. The van der Waals surface area contributed by atoms with Crippen molar-refractivity contribution in [3.05, 3.63) is 0 Å². The Morgan fingerprint density at radius 2 is 2.00 bits per heavy atom. The van der Waals surface area contributed by atoms with Gasteiger partial charge in [0, 0.05) is 13.2 Å². The first-order chi connectivity index (χ1) is 6.14. The minimum absolute atomic E-state index is 0.448. The molecular weight excluding hydrogens is 164 g/mol. The molecule has 78 valence electrons. The second kappa shape index (κ2) is 4.97. The molecule has 0 aromatic heterocycles. The topological polar surface area (TPSA) is 29.5 Å². The van der Waals surface area contributed by atoms with Crippen LogP contribution in [0.4, 0.5) is 0 Å². The van der Waals surface area contributed by atoms with Gasteiger partial charge in [-0.3, -0.25) is 0 Å². The summed E-state index contributed by atoms with van der Waals surface area (Å²) < 4.78 is 5.29. The number of ether oxygens (including phenoxy) is 1. The smallest absolute Gasteiger partial charge is 0.0622 e. The number of hydrogen-bond acceptors (Lipinski definition) is 2. The van der Waals surface area contributed by atoms with Crippen molar-refractivity contribution < 1.29 is 9.84 Å². The average Bonchev–Trinajstić information content (AvgIpc) is 2.04. The molecule has 1 aliphatic rings. The van der Waals surface area contributed by atoms with Crippen LogP contribution in [0.5, 0.6) is 0 Å². The van der Waals surface area contributed by atoms with Gasteiger partial charge in [0.1, 0.15) is 0 Å². The van der Waals surface area contributed by atoms with Crippen LogP contribution in [0.1, 0.15) is 46.0 Å². The predicted octanol–water partition coefficient (Wildman–Crippen LogP) is 2.35. The Balaban J connectivity index is 2.28. The highest BCUT2D eigenvalue weighted by Crippen LogP contribution is 2.27. The molecule has 0 spiro atoms. The van der Waals surface area contributed by atoms with E-state index in [1.165, 1.54) is 0 Å². The molecule has 2 heteroatoms. The van der Waals surface area contributed by atoms with Gasteiger partial charge >= 0.3 is 0 Å². The third-order valence-electron chi connectivity index (χ3n) is 2.86. The molecule has 0 amide bonds. The Hall–Kier alpha value is -0.0800. The van der Waals surface area contributed by atoms with Gasteiger partial charge in [-0.05, 0) is 38.5 Å². The summed E-state index contributed by atoms with van der Waals surface area (Å²) in [5.74, 6) is 0.676. The summed E-state index contributed by atoms with van der Waals surface area (Å²) in [6, 6.07) is 0. The largest absolute Gasteiger partial charge is 0.390 e. The Morgan fingerprint density at radius 3 is 2.54 bits per heavy atom. The maximum absolute atomic E-state index is 10.0. The maximum atomic E-state index is 10.0. The van der Waals surface area contributed by atoms with E-state index < -0.39 is 5.60 Å². The average molecular weight is 186 g/mol. The Kier molecular flexibility index (Phi) is 4.20. The van der Waals surface area contributed by atoms with Crippen molar-refractivity contribution in [3.63, 3.8) is 0 Å². The molecule has 0 aromatic rings. The van der Waals surface area contributed by atoms with Crippen molar-refractivity contribution in [1.29, 1.82) is 0 Å². The third kappa shape index (κ3) is 4.10. The van der Waals surface area contributed by atoms with Crippen LogP contribution in [-0.4, -0.2) is 23.9 Å². The molecule has 1 aliphatic heterocycles. The molecule has 0 radical (unpaired) electrons. The van der Waals surface area contributed by atoms with Crippen LogP contribution in [0.25, 0.3) is 0 Å². The van der Waals surface area contributed by atoms with Crippen molar-refractivity contribution in [1.82, 2.24) is 0 Å². The molecular formula is C11H22O2. The van der Waals surface area contributed by atoms with Gasteiger partial charge in [0.25, 0.3) is 0 Å². The Bertz CT molecular complexity index is 137.